The highest BCUT2D eigenvalue weighted by atomic mass is 16.2. The van der Waals surface area contributed by atoms with Gasteiger partial charge >= 0.3 is 0 Å². The monoisotopic (exact) mass is 224 g/mol. The molecule has 1 amide bonds. The predicted molar refractivity (Wildman–Crippen MR) is 64.9 cm³/mol. The van der Waals surface area contributed by atoms with Crippen LogP contribution in [0.4, 0.5) is 0 Å². The van der Waals surface area contributed by atoms with E-state index in [2.05, 4.69) is 6.92 Å². The average molecular weight is 224 g/mol. The van der Waals surface area contributed by atoms with Crippen molar-refractivity contribution in [2.24, 2.45) is 23.5 Å². The summed E-state index contributed by atoms with van der Waals surface area (Å²) < 4.78 is 0. The Morgan fingerprint density at radius 3 is 2.62 bits per heavy atom. The molecule has 3 heteroatoms. The summed E-state index contributed by atoms with van der Waals surface area (Å²) >= 11 is 0. The lowest BCUT2D eigenvalue weighted by atomic mass is 9.87. The number of fused-ring (bicyclic) bond motifs is 2. The molecular weight excluding hydrogens is 200 g/mol. The molecule has 0 aromatic carbocycles. The molecule has 2 N–H and O–H groups in total. The summed E-state index contributed by atoms with van der Waals surface area (Å²) in [6, 6.07) is 0. The van der Waals surface area contributed by atoms with Gasteiger partial charge in [-0.1, -0.05) is 13.3 Å². The first-order chi connectivity index (χ1) is 7.76. The Morgan fingerprint density at radius 2 is 2.12 bits per heavy atom. The number of nitrogens with two attached hydrogens (primary N) is 1. The van der Waals surface area contributed by atoms with Crippen molar-refractivity contribution < 1.29 is 4.79 Å². The van der Waals surface area contributed by atoms with Gasteiger partial charge in [0.1, 0.15) is 0 Å². The van der Waals surface area contributed by atoms with Crippen molar-refractivity contribution in [1.29, 1.82) is 0 Å². The van der Waals surface area contributed by atoms with Crippen molar-refractivity contribution in [1.82, 2.24) is 4.90 Å². The largest absolute Gasteiger partial charge is 0.341 e. The lowest BCUT2D eigenvalue weighted by Crippen LogP contribution is -2.41. The number of rotatable bonds is 5. The molecule has 16 heavy (non-hydrogen) atoms. The van der Waals surface area contributed by atoms with E-state index in [0.717, 1.165) is 31.8 Å². The maximum Gasteiger partial charge on any atom is 0.226 e. The summed E-state index contributed by atoms with van der Waals surface area (Å²) in [6.45, 7) is 4.33. The Hall–Kier alpha value is -0.570. The van der Waals surface area contributed by atoms with Crippen LogP contribution in [-0.2, 0) is 4.79 Å². The Kier molecular flexibility index (Phi) is 3.85. The summed E-state index contributed by atoms with van der Waals surface area (Å²) in [5.41, 5.74) is 5.58. The van der Waals surface area contributed by atoms with Gasteiger partial charge in [-0.05, 0) is 37.5 Å². The SMILES string of the molecule is CCCN(CCN)C(=O)C1CC2CCC1C2. The van der Waals surface area contributed by atoms with E-state index in [1.54, 1.807) is 0 Å². The van der Waals surface area contributed by atoms with E-state index in [4.69, 9.17) is 5.73 Å². The smallest absolute Gasteiger partial charge is 0.226 e. The van der Waals surface area contributed by atoms with E-state index in [-0.39, 0.29) is 0 Å². The predicted octanol–water partition coefficient (Wildman–Crippen LogP) is 1.62. The molecule has 0 aromatic heterocycles. The van der Waals surface area contributed by atoms with Crippen molar-refractivity contribution in [3.63, 3.8) is 0 Å². The van der Waals surface area contributed by atoms with Crippen molar-refractivity contribution in [3.8, 4) is 0 Å². The molecule has 2 saturated carbocycles. The number of hydrogen-bond donors (Lipinski definition) is 1. The zero-order valence-electron chi connectivity index (χ0n) is 10.3. The van der Waals surface area contributed by atoms with Gasteiger partial charge in [-0.25, -0.2) is 0 Å². The van der Waals surface area contributed by atoms with E-state index < -0.39 is 0 Å². The highest BCUT2D eigenvalue weighted by Crippen LogP contribution is 2.48. The first-order valence-corrected chi connectivity index (χ1v) is 6.75. The number of hydrogen-bond acceptors (Lipinski definition) is 2. The van der Waals surface area contributed by atoms with Crippen LogP contribution in [0.15, 0.2) is 0 Å². The van der Waals surface area contributed by atoms with Crippen LogP contribution in [-0.4, -0.2) is 30.4 Å². The van der Waals surface area contributed by atoms with Gasteiger partial charge in [0.15, 0.2) is 0 Å². The van der Waals surface area contributed by atoms with Crippen molar-refractivity contribution in [3.05, 3.63) is 0 Å². The summed E-state index contributed by atoms with van der Waals surface area (Å²) in [5.74, 6) is 2.26. The highest BCUT2D eigenvalue weighted by molar-refractivity contribution is 5.79. The quantitative estimate of drug-likeness (QED) is 0.771. The molecule has 2 rings (SSSR count). The molecule has 3 unspecified atom stereocenters. The molecule has 0 heterocycles. The lowest BCUT2D eigenvalue weighted by Gasteiger charge is -2.29. The van der Waals surface area contributed by atoms with Crippen molar-refractivity contribution in [2.75, 3.05) is 19.6 Å². The molecule has 0 saturated heterocycles. The van der Waals surface area contributed by atoms with Gasteiger partial charge in [0.2, 0.25) is 5.91 Å². The molecule has 2 bridgehead atoms. The molecule has 2 aliphatic carbocycles. The van der Waals surface area contributed by atoms with Crippen LogP contribution >= 0.6 is 0 Å². The Morgan fingerprint density at radius 1 is 1.31 bits per heavy atom. The summed E-state index contributed by atoms with van der Waals surface area (Å²) in [5, 5.41) is 0. The molecule has 0 spiro atoms. The maximum absolute atomic E-state index is 12.4. The van der Waals surface area contributed by atoms with Gasteiger partial charge in [-0.3, -0.25) is 4.79 Å². The van der Waals surface area contributed by atoms with E-state index in [0.29, 0.717) is 24.3 Å². The van der Waals surface area contributed by atoms with E-state index in [9.17, 15) is 4.79 Å². The van der Waals surface area contributed by atoms with Crippen LogP contribution in [0.2, 0.25) is 0 Å². The van der Waals surface area contributed by atoms with Gasteiger partial charge in [-0.15, -0.1) is 0 Å². The molecule has 0 aliphatic heterocycles. The van der Waals surface area contributed by atoms with Gasteiger partial charge in [0.05, 0.1) is 0 Å². The fraction of sp³-hybridized carbons (Fsp3) is 0.923. The fourth-order valence-corrected chi connectivity index (χ4v) is 3.54. The Labute approximate surface area is 98.4 Å². The first-order valence-electron chi connectivity index (χ1n) is 6.75. The number of carbonyl (C=O) groups excluding carboxylic acids is 1. The maximum atomic E-state index is 12.4. The van der Waals surface area contributed by atoms with Crippen molar-refractivity contribution in [2.45, 2.75) is 39.0 Å². The third-order valence-electron chi connectivity index (χ3n) is 4.26. The minimum Gasteiger partial charge on any atom is -0.341 e. The van der Waals surface area contributed by atoms with Gasteiger partial charge in [0, 0.05) is 25.6 Å². The first kappa shape index (κ1) is 11.9. The average Bonchev–Trinajstić information content (AvgIpc) is 2.89. The third-order valence-corrected chi connectivity index (χ3v) is 4.26. The second kappa shape index (κ2) is 5.17. The zero-order chi connectivity index (χ0) is 11.5. The summed E-state index contributed by atoms with van der Waals surface area (Å²) in [4.78, 5) is 14.4. The van der Waals surface area contributed by atoms with Crippen LogP contribution in [0, 0.1) is 17.8 Å². The van der Waals surface area contributed by atoms with E-state index >= 15 is 0 Å². The lowest BCUT2D eigenvalue weighted by molar-refractivity contribution is -0.137. The number of amides is 1. The van der Waals surface area contributed by atoms with Gasteiger partial charge in [-0.2, -0.15) is 0 Å². The molecule has 0 radical (unpaired) electrons. The van der Waals surface area contributed by atoms with E-state index in [1.807, 2.05) is 4.90 Å². The Bertz CT molecular complexity index is 248. The molecule has 3 nitrogen and oxygen atoms in total. The van der Waals surface area contributed by atoms with Gasteiger partial charge in [0.25, 0.3) is 0 Å². The summed E-state index contributed by atoms with van der Waals surface area (Å²) in [7, 11) is 0. The van der Waals surface area contributed by atoms with Crippen LogP contribution in [0.3, 0.4) is 0 Å². The van der Waals surface area contributed by atoms with Crippen LogP contribution in [0.5, 0.6) is 0 Å². The van der Waals surface area contributed by atoms with Crippen LogP contribution < -0.4 is 5.73 Å². The number of carbonyl (C=O) groups is 1. The molecule has 3 atom stereocenters. The van der Waals surface area contributed by atoms with Crippen molar-refractivity contribution >= 4 is 5.91 Å². The minimum absolute atomic E-state index is 0.330. The molecule has 2 fully saturated rings. The highest BCUT2D eigenvalue weighted by Gasteiger charge is 2.44. The van der Waals surface area contributed by atoms with E-state index in [1.165, 1.54) is 19.3 Å². The third kappa shape index (κ3) is 2.24. The van der Waals surface area contributed by atoms with Crippen LogP contribution in [0.1, 0.15) is 39.0 Å². The molecular formula is C13H24N2O. The number of nitrogens with zero attached hydrogens (tertiary/aromatic N) is 1. The summed E-state index contributed by atoms with van der Waals surface area (Å²) in [6.07, 6.45) is 6.13. The Balaban J connectivity index is 1.94. The molecule has 92 valence electrons. The normalized spacial score (nSPS) is 32.0. The van der Waals surface area contributed by atoms with Gasteiger partial charge < -0.3 is 10.6 Å². The fourth-order valence-electron chi connectivity index (χ4n) is 3.54. The topological polar surface area (TPSA) is 46.3 Å². The molecule has 2 aliphatic rings. The zero-order valence-corrected chi connectivity index (χ0v) is 10.3. The standard InChI is InChI=1S/C13H24N2O/c1-2-6-15(7-5-14)13(16)12-9-10-3-4-11(12)8-10/h10-12H,2-9,14H2,1H3. The second-order valence-electron chi connectivity index (χ2n) is 5.40. The minimum atomic E-state index is 0.330. The van der Waals surface area contributed by atoms with Crippen LogP contribution in [0.25, 0.3) is 0 Å². The molecule has 0 aromatic rings. The second-order valence-corrected chi connectivity index (χ2v) is 5.40.